The number of unbranched alkanes of at least 4 members (excludes halogenated alkanes) is 1. The molecule has 0 saturated heterocycles. The molecule has 3 aromatic rings. The van der Waals surface area contributed by atoms with Gasteiger partial charge < -0.3 is 0 Å². The van der Waals surface area contributed by atoms with Gasteiger partial charge in [-0.05, 0) is 77.8 Å². The van der Waals surface area contributed by atoms with Gasteiger partial charge in [-0.25, -0.2) is 0 Å². The third-order valence-corrected chi connectivity index (χ3v) is 6.87. The quantitative estimate of drug-likeness (QED) is 0.399. The van der Waals surface area contributed by atoms with Crippen molar-refractivity contribution in [1.29, 1.82) is 0 Å². The average molecular weight is 383 g/mol. The zero-order chi connectivity index (χ0) is 20.1. The predicted molar refractivity (Wildman–Crippen MR) is 126 cm³/mol. The maximum atomic E-state index is 2.38. The molecule has 0 heteroatoms. The van der Waals surface area contributed by atoms with E-state index in [9.17, 15) is 0 Å². The molecule has 29 heavy (non-hydrogen) atoms. The Balaban J connectivity index is 1.41. The van der Waals surface area contributed by atoms with Crippen LogP contribution in [0.1, 0.15) is 68.9 Å². The smallest absolute Gasteiger partial charge is 0.0155 e. The van der Waals surface area contributed by atoms with E-state index < -0.39 is 0 Å². The van der Waals surface area contributed by atoms with Crippen molar-refractivity contribution < 1.29 is 0 Å². The van der Waals surface area contributed by atoms with Crippen molar-refractivity contribution in [2.45, 2.75) is 64.7 Å². The molecule has 4 rings (SSSR count). The summed E-state index contributed by atoms with van der Waals surface area (Å²) in [4.78, 5) is 0. The van der Waals surface area contributed by atoms with Crippen molar-refractivity contribution in [3.63, 3.8) is 0 Å². The molecule has 0 heterocycles. The fourth-order valence-electron chi connectivity index (χ4n) is 4.96. The van der Waals surface area contributed by atoms with Gasteiger partial charge in [0.2, 0.25) is 0 Å². The summed E-state index contributed by atoms with van der Waals surface area (Å²) in [6.07, 6.45) is 9.79. The fraction of sp³-hybridized carbons (Fsp3) is 0.379. The summed E-state index contributed by atoms with van der Waals surface area (Å²) in [7, 11) is 0. The summed E-state index contributed by atoms with van der Waals surface area (Å²) in [5.41, 5.74) is 8.11. The van der Waals surface area contributed by atoms with Crippen molar-refractivity contribution in [3.8, 4) is 22.3 Å². The topological polar surface area (TPSA) is 0 Å². The first-order valence-electron chi connectivity index (χ1n) is 11.5. The molecule has 0 spiro atoms. The summed E-state index contributed by atoms with van der Waals surface area (Å²) in [5, 5.41) is 0. The van der Waals surface area contributed by atoms with Crippen LogP contribution in [0.3, 0.4) is 0 Å². The molecule has 150 valence electrons. The summed E-state index contributed by atoms with van der Waals surface area (Å²) in [6.45, 7) is 4.49. The predicted octanol–water partition coefficient (Wildman–Crippen LogP) is 8.79. The molecule has 1 aliphatic rings. The minimum Gasteiger partial charge on any atom is -0.0654 e. The van der Waals surface area contributed by atoms with E-state index in [1.165, 1.54) is 72.8 Å². The molecule has 0 nitrogen and oxygen atoms in total. The van der Waals surface area contributed by atoms with Crippen LogP contribution in [0, 0.1) is 12.8 Å². The monoisotopic (exact) mass is 382 g/mol. The first-order chi connectivity index (χ1) is 14.2. The lowest BCUT2D eigenvalue weighted by molar-refractivity contribution is 0.304. The fourth-order valence-corrected chi connectivity index (χ4v) is 4.96. The summed E-state index contributed by atoms with van der Waals surface area (Å²) in [5.74, 6) is 1.75. The van der Waals surface area contributed by atoms with Gasteiger partial charge in [0.05, 0.1) is 0 Å². The molecule has 0 unspecified atom stereocenters. The molecule has 3 aromatic carbocycles. The van der Waals surface area contributed by atoms with Crippen molar-refractivity contribution >= 4 is 0 Å². The molecule has 0 radical (unpaired) electrons. The van der Waals surface area contributed by atoms with Crippen molar-refractivity contribution in [3.05, 3.63) is 83.9 Å². The van der Waals surface area contributed by atoms with Gasteiger partial charge in [0.15, 0.2) is 0 Å². The Labute approximate surface area is 177 Å². The Kier molecular flexibility index (Phi) is 6.49. The zero-order valence-electron chi connectivity index (χ0n) is 18.0. The minimum atomic E-state index is 0.769. The van der Waals surface area contributed by atoms with E-state index in [1.807, 2.05) is 0 Å². The van der Waals surface area contributed by atoms with Crippen LogP contribution in [-0.2, 0) is 0 Å². The molecule has 0 aliphatic heterocycles. The maximum absolute atomic E-state index is 2.38. The van der Waals surface area contributed by atoms with Crippen LogP contribution in [0.15, 0.2) is 72.8 Å². The van der Waals surface area contributed by atoms with Crippen LogP contribution < -0.4 is 0 Å². The van der Waals surface area contributed by atoms with Gasteiger partial charge >= 0.3 is 0 Å². The van der Waals surface area contributed by atoms with E-state index in [4.69, 9.17) is 0 Å². The number of rotatable bonds is 6. The Morgan fingerprint density at radius 2 is 1.28 bits per heavy atom. The van der Waals surface area contributed by atoms with Crippen molar-refractivity contribution in [2.24, 2.45) is 5.92 Å². The van der Waals surface area contributed by atoms with Gasteiger partial charge in [-0.1, -0.05) is 99.0 Å². The van der Waals surface area contributed by atoms with E-state index in [1.54, 1.807) is 5.56 Å². The lowest BCUT2D eigenvalue weighted by atomic mass is 9.77. The zero-order valence-corrected chi connectivity index (χ0v) is 18.0. The van der Waals surface area contributed by atoms with Gasteiger partial charge in [-0.2, -0.15) is 0 Å². The van der Waals surface area contributed by atoms with E-state index in [0.29, 0.717) is 0 Å². The van der Waals surface area contributed by atoms with Gasteiger partial charge in [0.25, 0.3) is 0 Å². The maximum Gasteiger partial charge on any atom is -0.0155 e. The summed E-state index contributed by atoms with van der Waals surface area (Å²) in [6, 6.07) is 27.0. The second kappa shape index (κ2) is 9.44. The molecular weight excluding hydrogens is 348 g/mol. The highest BCUT2D eigenvalue weighted by Gasteiger charge is 2.21. The van der Waals surface area contributed by atoms with Crippen LogP contribution in [0.2, 0.25) is 0 Å². The third-order valence-electron chi connectivity index (χ3n) is 6.87. The SMILES string of the molecule is CCCCC1CCC(c2ccc(-c3ccc(-c4ccccc4C)cc3)cc2)CC1. The number of hydrogen-bond acceptors (Lipinski definition) is 0. The third kappa shape index (κ3) is 4.81. The molecule has 1 saturated carbocycles. The first-order valence-corrected chi connectivity index (χ1v) is 11.5. The molecule has 0 bridgehead atoms. The number of benzene rings is 3. The van der Waals surface area contributed by atoms with E-state index >= 15 is 0 Å². The van der Waals surface area contributed by atoms with Gasteiger partial charge in [-0.3, -0.25) is 0 Å². The van der Waals surface area contributed by atoms with Gasteiger partial charge in [-0.15, -0.1) is 0 Å². The first kappa shape index (κ1) is 20.0. The van der Waals surface area contributed by atoms with Gasteiger partial charge in [0, 0.05) is 0 Å². The van der Waals surface area contributed by atoms with Crippen LogP contribution in [0.25, 0.3) is 22.3 Å². The average Bonchev–Trinajstić information content (AvgIpc) is 2.79. The van der Waals surface area contributed by atoms with Crippen molar-refractivity contribution in [2.75, 3.05) is 0 Å². The molecule has 0 atom stereocenters. The number of aryl methyl sites for hydroxylation is 1. The molecule has 1 aliphatic carbocycles. The number of hydrogen-bond donors (Lipinski definition) is 0. The molecule has 0 aromatic heterocycles. The lowest BCUT2D eigenvalue weighted by Crippen LogP contribution is -2.13. The molecule has 0 amide bonds. The second-order valence-corrected chi connectivity index (χ2v) is 8.87. The summed E-state index contributed by atoms with van der Waals surface area (Å²) < 4.78 is 0. The van der Waals surface area contributed by atoms with Crippen LogP contribution in [0.5, 0.6) is 0 Å². The van der Waals surface area contributed by atoms with Crippen LogP contribution in [0.4, 0.5) is 0 Å². The van der Waals surface area contributed by atoms with E-state index in [-0.39, 0.29) is 0 Å². The Hall–Kier alpha value is -2.34. The standard InChI is InChI=1S/C29H34/c1-3-4-8-23-10-12-24(13-11-23)25-14-16-26(17-15-25)27-18-20-28(21-19-27)29-9-6-5-7-22(29)2/h5-7,9,14-21,23-24H,3-4,8,10-13H2,1-2H3. The second-order valence-electron chi connectivity index (χ2n) is 8.87. The highest BCUT2D eigenvalue weighted by atomic mass is 14.3. The highest BCUT2D eigenvalue weighted by molar-refractivity contribution is 5.72. The van der Waals surface area contributed by atoms with Crippen LogP contribution in [-0.4, -0.2) is 0 Å². The van der Waals surface area contributed by atoms with Gasteiger partial charge in [0.1, 0.15) is 0 Å². The molecule has 0 N–H and O–H groups in total. The van der Waals surface area contributed by atoms with E-state index in [0.717, 1.165) is 11.8 Å². The Bertz CT molecular complexity index is 894. The molecule has 1 fully saturated rings. The Morgan fingerprint density at radius 3 is 1.90 bits per heavy atom. The lowest BCUT2D eigenvalue weighted by Gasteiger charge is -2.29. The highest BCUT2D eigenvalue weighted by Crippen LogP contribution is 2.38. The minimum absolute atomic E-state index is 0.769. The molecular formula is C29H34. The van der Waals surface area contributed by atoms with Crippen molar-refractivity contribution in [1.82, 2.24) is 0 Å². The Morgan fingerprint density at radius 1 is 0.690 bits per heavy atom. The van der Waals surface area contributed by atoms with E-state index in [2.05, 4.69) is 86.6 Å². The summed E-state index contributed by atoms with van der Waals surface area (Å²) >= 11 is 0. The largest absolute Gasteiger partial charge is 0.0654 e. The van der Waals surface area contributed by atoms with Crippen LogP contribution >= 0.6 is 0 Å². The normalized spacial score (nSPS) is 19.2.